The van der Waals surface area contributed by atoms with Crippen LogP contribution in [0.1, 0.15) is 30.4 Å². The number of amides is 1. The molecule has 5 nitrogen and oxygen atoms in total. The third-order valence-electron chi connectivity index (χ3n) is 5.81. The van der Waals surface area contributed by atoms with Crippen molar-refractivity contribution < 1.29 is 32.6 Å². The topological polar surface area (TPSA) is 66.8 Å². The molecule has 0 spiro atoms. The highest BCUT2D eigenvalue weighted by atomic mass is 19.4. The Kier molecular flexibility index (Phi) is 7.56. The van der Waals surface area contributed by atoms with E-state index >= 15 is 0 Å². The van der Waals surface area contributed by atoms with Crippen LogP contribution < -0.4 is 0 Å². The summed E-state index contributed by atoms with van der Waals surface area (Å²) in [7, 11) is 0. The first kappa shape index (κ1) is 23.8. The van der Waals surface area contributed by atoms with Crippen molar-refractivity contribution in [1.82, 2.24) is 4.90 Å². The zero-order valence-electron chi connectivity index (χ0n) is 17.6. The van der Waals surface area contributed by atoms with Gasteiger partial charge in [0.25, 0.3) is 5.91 Å². The van der Waals surface area contributed by atoms with Gasteiger partial charge < -0.3 is 14.7 Å². The molecule has 32 heavy (non-hydrogen) atoms. The van der Waals surface area contributed by atoms with Crippen LogP contribution >= 0.6 is 0 Å². The van der Waals surface area contributed by atoms with Gasteiger partial charge in [-0.15, -0.1) is 0 Å². The summed E-state index contributed by atoms with van der Waals surface area (Å²) in [6, 6.07) is 16.4. The van der Waals surface area contributed by atoms with E-state index in [4.69, 9.17) is 4.74 Å². The van der Waals surface area contributed by atoms with Crippen molar-refractivity contribution in [3.05, 3.63) is 71.8 Å². The molecule has 1 atom stereocenters. The van der Waals surface area contributed by atoms with E-state index in [1.54, 1.807) is 4.90 Å². The molecule has 3 rings (SSSR count). The van der Waals surface area contributed by atoms with Crippen LogP contribution in [0.15, 0.2) is 60.7 Å². The molecule has 172 valence electrons. The zero-order chi connectivity index (χ0) is 23.2. The first-order chi connectivity index (χ1) is 15.2. The van der Waals surface area contributed by atoms with Crippen molar-refractivity contribution in [3.8, 4) is 0 Å². The van der Waals surface area contributed by atoms with E-state index in [1.165, 1.54) is 23.8 Å². The van der Waals surface area contributed by atoms with Crippen molar-refractivity contribution in [2.45, 2.75) is 37.5 Å². The van der Waals surface area contributed by atoms with Gasteiger partial charge in [-0.25, -0.2) is 0 Å². The van der Waals surface area contributed by atoms with Gasteiger partial charge in [0.2, 0.25) is 0 Å². The maximum atomic E-state index is 13.5. The molecule has 1 heterocycles. The Morgan fingerprint density at radius 2 is 1.53 bits per heavy atom. The van der Waals surface area contributed by atoms with E-state index in [1.807, 2.05) is 18.2 Å². The van der Waals surface area contributed by atoms with Crippen molar-refractivity contribution >= 4 is 11.9 Å². The summed E-state index contributed by atoms with van der Waals surface area (Å²) in [4.78, 5) is 26.0. The Morgan fingerprint density at radius 1 is 0.969 bits per heavy atom. The number of benzene rings is 2. The molecule has 2 aromatic rings. The number of likely N-dealkylation sites (tertiary alicyclic amines) is 1. The fourth-order valence-electron chi connectivity index (χ4n) is 3.91. The van der Waals surface area contributed by atoms with Crippen LogP contribution in [0.25, 0.3) is 0 Å². The second-order valence-electron chi connectivity index (χ2n) is 8.08. The number of nitrogens with zero attached hydrogens (tertiary/aromatic N) is 1. The first-order valence-corrected chi connectivity index (χ1v) is 10.5. The predicted octanol–water partition coefficient (Wildman–Crippen LogP) is 3.85. The molecule has 2 aromatic carbocycles. The number of carbonyl (C=O) groups is 2. The lowest BCUT2D eigenvalue weighted by atomic mass is 9.90. The van der Waals surface area contributed by atoms with Gasteiger partial charge in [0.05, 0.1) is 6.42 Å². The quantitative estimate of drug-likeness (QED) is 0.652. The molecule has 0 unspecified atom stereocenters. The van der Waals surface area contributed by atoms with E-state index in [0.717, 1.165) is 31.4 Å². The Morgan fingerprint density at radius 3 is 2.09 bits per heavy atom. The average Bonchev–Trinajstić information content (AvgIpc) is 2.78. The minimum atomic E-state index is -5.09. The highest BCUT2D eigenvalue weighted by Crippen LogP contribution is 2.41. The van der Waals surface area contributed by atoms with Crippen LogP contribution in [0.4, 0.5) is 13.2 Å². The maximum absolute atomic E-state index is 13.5. The van der Waals surface area contributed by atoms with Crippen molar-refractivity contribution in [2.75, 3.05) is 19.7 Å². The monoisotopic (exact) mass is 449 g/mol. The highest BCUT2D eigenvalue weighted by Gasteiger charge is 2.56. The summed E-state index contributed by atoms with van der Waals surface area (Å²) in [5.74, 6) is -1.30. The van der Waals surface area contributed by atoms with Crippen molar-refractivity contribution in [1.29, 1.82) is 0 Å². The molecule has 1 saturated heterocycles. The summed E-state index contributed by atoms with van der Waals surface area (Å²) in [5, 5.41) is 10.2. The van der Waals surface area contributed by atoms with Gasteiger partial charge in [0, 0.05) is 13.1 Å². The molecule has 1 amide bonds. The summed E-state index contributed by atoms with van der Waals surface area (Å²) >= 11 is 0. The fourth-order valence-corrected chi connectivity index (χ4v) is 3.91. The zero-order valence-corrected chi connectivity index (χ0v) is 17.6. The van der Waals surface area contributed by atoms with Gasteiger partial charge in [0.15, 0.2) is 12.2 Å². The third kappa shape index (κ3) is 5.88. The number of aliphatic hydroxyl groups is 1. The molecule has 1 N–H and O–H groups in total. The molecule has 8 heteroatoms. The molecular formula is C24H26F3NO4. The van der Waals surface area contributed by atoms with E-state index in [9.17, 15) is 27.9 Å². The number of esters is 1. The molecule has 0 saturated carbocycles. The maximum Gasteiger partial charge on any atom is 0.422 e. The minimum Gasteiger partial charge on any atom is -0.455 e. The number of piperidine rings is 1. The third-order valence-corrected chi connectivity index (χ3v) is 5.81. The summed E-state index contributed by atoms with van der Waals surface area (Å²) in [6.07, 6.45) is -3.88. The number of alkyl halides is 3. The molecule has 0 bridgehead atoms. The van der Waals surface area contributed by atoms with Gasteiger partial charge in [-0.3, -0.25) is 9.59 Å². The predicted molar refractivity (Wildman–Crippen MR) is 111 cm³/mol. The molecule has 1 aliphatic heterocycles. The molecule has 0 aliphatic carbocycles. The van der Waals surface area contributed by atoms with Gasteiger partial charge in [0.1, 0.15) is 0 Å². The van der Waals surface area contributed by atoms with Crippen molar-refractivity contribution in [2.24, 2.45) is 5.92 Å². The van der Waals surface area contributed by atoms with E-state index in [-0.39, 0.29) is 0 Å². The average molecular weight is 449 g/mol. The molecule has 0 radical (unpaired) electrons. The normalized spacial score (nSPS) is 16.9. The smallest absolute Gasteiger partial charge is 0.422 e. The van der Waals surface area contributed by atoms with Gasteiger partial charge in [-0.05, 0) is 36.3 Å². The van der Waals surface area contributed by atoms with Crippen LogP contribution in [0.3, 0.4) is 0 Å². The van der Waals surface area contributed by atoms with Gasteiger partial charge in [-0.1, -0.05) is 60.7 Å². The van der Waals surface area contributed by atoms with E-state index < -0.39 is 42.2 Å². The Labute approximate surface area is 184 Å². The number of halogens is 3. The van der Waals surface area contributed by atoms with Gasteiger partial charge >= 0.3 is 12.1 Å². The lowest BCUT2D eigenvalue weighted by Crippen LogP contribution is -2.45. The van der Waals surface area contributed by atoms with E-state index in [0.29, 0.717) is 19.0 Å². The van der Waals surface area contributed by atoms with Crippen molar-refractivity contribution in [3.63, 3.8) is 0 Å². The molecule has 0 aromatic heterocycles. The summed E-state index contributed by atoms with van der Waals surface area (Å²) in [5.41, 5.74) is -2.61. The number of rotatable bonds is 7. The largest absolute Gasteiger partial charge is 0.455 e. The van der Waals surface area contributed by atoms with E-state index in [2.05, 4.69) is 12.1 Å². The number of carbonyl (C=O) groups excluding carboxylic acids is 2. The van der Waals surface area contributed by atoms with Crippen LogP contribution in [-0.4, -0.2) is 47.8 Å². The Bertz CT molecular complexity index is 896. The van der Waals surface area contributed by atoms with Gasteiger partial charge in [-0.2, -0.15) is 13.2 Å². The van der Waals surface area contributed by atoms with Crippen LogP contribution in [0, 0.1) is 5.92 Å². The van der Waals surface area contributed by atoms with Crippen LogP contribution in [0.2, 0.25) is 0 Å². The second-order valence-corrected chi connectivity index (χ2v) is 8.08. The Balaban J connectivity index is 1.49. The lowest BCUT2D eigenvalue weighted by molar-refractivity contribution is -0.269. The minimum absolute atomic E-state index is 0.441. The number of hydrogen-bond acceptors (Lipinski definition) is 4. The lowest BCUT2D eigenvalue weighted by Gasteiger charge is -2.32. The Hall–Kier alpha value is -2.87. The van der Waals surface area contributed by atoms with Crippen LogP contribution in [0.5, 0.6) is 0 Å². The second kappa shape index (κ2) is 10.2. The summed E-state index contributed by atoms with van der Waals surface area (Å²) < 4.78 is 45.3. The fraction of sp³-hybridized carbons (Fsp3) is 0.417. The summed E-state index contributed by atoms with van der Waals surface area (Å²) in [6.45, 7) is 0.361. The standard InChI is InChI=1S/C24H26F3NO4/c25-24(26,27)23(31,20-9-5-2-6-10-20)16-22(30)32-17-21(29)28-13-11-19(12-14-28)15-18-7-3-1-4-8-18/h1-10,19,31H,11-17H2/t23-/m1/s1. The highest BCUT2D eigenvalue weighted by molar-refractivity contribution is 5.81. The molecular weight excluding hydrogens is 423 g/mol. The first-order valence-electron chi connectivity index (χ1n) is 10.5. The number of hydrogen-bond donors (Lipinski definition) is 1. The molecule has 1 aliphatic rings. The van der Waals surface area contributed by atoms with Crippen LogP contribution in [-0.2, 0) is 26.3 Å². The number of ether oxygens (including phenoxy) is 1. The SMILES string of the molecule is O=C(C[C@@](O)(c1ccccc1)C(F)(F)F)OCC(=O)N1CCC(Cc2ccccc2)CC1. The molecule has 1 fully saturated rings.